The van der Waals surface area contributed by atoms with Crippen LogP contribution in [0, 0.1) is 0 Å². The number of hydrogen-bond donors (Lipinski definition) is 0. The number of imide groups is 1. The minimum absolute atomic E-state index is 0.0435. The van der Waals surface area contributed by atoms with Gasteiger partial charge in [-0.1, -0.05) is 11.2 Å². The highest BCUT2D eigenvalue weighted by Gasteiger charge is 2.36. The molecule has 0 bridgehead atoms. The van der Waals surface area contributed by atoms with E-state index in [2.05, 4.69) is 31.1 Å². The van der Waals surface area contributed by atoms with Crippen molar-refractivity contribution in [2.75, 3.05) is 4.90 Å². The summed E-state index contributed by atoms with van der Waals surface area (Å²) in [6, 6.07) is 8.81. The van der Waals surface area contributed by atoms with Gasteiger partial charge in [-0.15, -0.1) is 0 Å². The zero-order chi connectivity index (χ0) is 31.9. The normalized spacial score (nSPS) is 12.2. The molecule has 0 aliphatic heterocycles. The molecule has 0 radical (unpaired) electrons. The molecule has 12 nitrogen and oxygen atoms in total. The summed E-state index contributed by atoms with van der Waals surface area (Å²) in [4.78, 5) is 48.6. The number of hydrogen-bond acceptors (Lipinski definition) is 10. The Labute approximate surface area is 257 Å². The van der Waals surface area contributed by atoms with Crippen molar-refractivity contribution in [3.05, 3.63) is 47.3 Å². The van der Waals surface area contributed by atoms with Crippen LogP contribution in [0.15, 0.2) is 51.9 Å². The molecule has 4 aromatic rings. The molecule has 0 saturated heterocycles. The molecule has 0 aliphatic carbocycles. The van der Waals surface area contributed by atoms with E-state index in [9.17, 15) is 14.4 Å². The van der Waals surface area contributed by atoms with Gasteiger partial charge in [0.05, 0.1) is 11.7 Å². The molecular formula is C30H34BrN5O7. The van der Waals surface area contributed by atoms with E-state index in [1.807, 2.05) is 6.07 Å². The summed E-state index contributed by atoms with van der Waals surface area (Å²) in [5, 5.41) is 4.97. The predicted octanol–water partition coefficient (Wildman–Crippen LogP) is 7.98. The Kier molecular flexibility index (Phi) is 8.42. The molecule has 13 heteroatoms. The fourth-order valence-corrected chi connectivity index (χ4v) is 4.13. The van der Waals surface area contributed by atoms with Crippen molar-refractivity contribution in [1.82, 2.24) is 19.7 Å². The van der Waals surface area contributed by atoms with E-state index >= 15 is 0 Å². The molecule has 0 aliphatic rings. The smallest absolute Gasteiger partial charge is 0.425 e. The van der Waals surface area contributed by atoms with Crippen molar-refractivity contribution in [3.63, 3.8) is 0 Å². The number of amides is 2. The zero-order valence-corrected chi connectivity index (χ0v) is 27.1. The molecular weight excluding hydrogens is 622 g/mol. The first-order valence-electron chi connectivity index (χ1n) is 13.4. The largest absolute Gasteiger partial charge is 0.443 e. The highest BCUT2D eigenvalue weighted by atomic mass is 79.9. The minimum Gasteiger partial charge on any atom is -0.443 e. The number of carbonyl (C=O) groups excluding carboxylic acids is 3. The monoisotopic (exact) mass is 655 g/mol. The van der Waals surface area contributed by atoms with E-state index in [0.29, 0.717) is 26.3 Å². The summed E-state index contributed by atoms with van der Waals surface area (Å²) in [7, 11) is 0. The third-order valence-electron chi connectivity index (χ3n) is 5.41. The first-order valence-corrected chi connectivity index (χ1v) is 14.2. The standard InChI is InChI=1S/C30H34BrN5O7/c1-28(2,3)40-25(37)35-13-12-18-14-17(10-11-20(18)35)19-15-21(43-34-19)23-24(32-16-22(31)33-23)36(26(38)41-29(4,5)6)27(39)42-30(7,8)9/h10-16H,1-9H3. The van der Waals surface area contributed by atoms with E-state index in [4.69, 9.17) is 18.7 Å². The number of halogens is 1. The molecule has 1 aromatic carbocycles. The summed E-state index contributed by atoms with van der Waals surface area (Å²) in [6.07, 6.45) is 0.487. The van der Waals surface area contributed by atoms with Crippen LogP contribution in [0.4, 0.5) is 20.2 Å². The summed E-state index contributed by atoms with van der Waals surface area (Å²) >= 11 is 3.30. The lowest BCUT2D eigenvalue weighted by molar-refractivity contribution is 0.0427. The number of carbonyl (C=O) groups is 3. The molecule has 3 heterocycles. The first-order chi connectivity index (χ1) is 19.8. The van der Waals surface area contributed by atoms with Crippen LogP contribution in [0.1, 0.15) is 62.3 Å². The molecule has 4 rings (SSSR count). The molecule has 228 valence electrons. The van der Waals surface area contributed by atoms with E-state index < -0.39 is 35.1 Å². The number of benzene rings is 1. The second-order valence-electron chi connectivity index (χ2n) is 12.7. The van der Waals surface area contributed by atoms with E-state index in [-0.39, 0.29) is 17.3 Å². The molecule has 0 saturated carbocycles. The summed E-state index contributed by atoms with van der Waals surface area (Å²) in [6.45, 7) is 15.5. The number of anilines is 1. The van der Waals surface area contributed by atoms with Crippen molar-refractivity contribution in [2.45, 2.75) is 79.1 Å². The molecule has 0 N–H and O–H groups in total. The van der Waals surface area contributed by atoms with Crippen LogP contribution in [-0.2, 0) is 14.2 Å². The molecule has 0 fully saturated rings. The predicted molar refractivity (Wildman–Crippen MR) is 163 cm³/mol. The van der Waals surface area contributed by atoms with Crippen molar-refractivity contribution >= 4 is 50.9 Å². The Morgan fingerprint density at radius 1 is 0.860 bits per heavy atom. The number of ether oxygens (including phenoxy) is 3. The Morgan fingerprint density at radius 3 is 2.05 bits per heavy atom. The SMILES string of the molecule is CC(C)(C)OC(=O)N(C(=O)OC(C)(C)C)c1ncc(Br)nc1-c1cc(-c2ccc3c(ccn3C(=O)OC(C)(C)C)c2)no1. The van der Waals surface area contributed by atoms with Crippen LogP contribution < -0.4 is 4.90 Å². The Bertz CT molecular complexity index is 1660. The Hall–Kier alpha value is -4.26. The number of nitrogens with zero attached hydrogens (tertiary/aromatic N) is 5. The number of rotatable bonds is 3. The highest BCUT2D eigenvalue weighted by molar-refractivity contribution is 9.10. The lowest BCUT2D eigenvalue weighted by Gasteiger charge is -2.28. The van der Waals surface area contributed by atoms with Crippen LogP contribution in [0.25, 0.3) is 33.6 Å². The van der Waals surface area contributed by atoms with Crippen LogP contribution in [0.5, 0.6) is 0 Å². The van der Waals surface area contributed by atoms with E-state index in [1.54, 1.807) is 92.8 Å². The van der Waals surface area contributed by atoms with Gasteiger partial charge in [0.1, 0.15) is 27.1 Å². The maximum absolute atomic E-state index is 13.3. The lowest BCUT2D eigenvalue weighted by Crippen LogP contribution is -2.44. The summed E-state index contributed by atoms with van der Waals surface area (Å²) in [5.74, 6) is -0.0402. The van der Waals surface area contributed by atoms with Gasteiger partial charge in [0.2, 0.25) is 0 Å². The quantitative estimate of drug-likeness (QED) is 0.200. The third-order valence-corrected chi connectivity index (χ3v) is 5.79. The van der Waals surface area contributed by atoms with Gasteiger partial charge in [-0.2, -0.15) is 4.90 Å². The molecule has 0 spiro atoms. The van der Waals surface area contributed by atoms with Crippen molar-refractivity contribution < 1.29 is 33.1 Å². The van der Waals surface area contributed by atoms with Crippen molar-refractivity contribution in [1.29, 1.82) is 0 Å². The summed E-state index contributed by atoms with van der Waals surface area (Å²) in [5.41, 5.74) is -0.640. The second kappa shape index (κ2) is 11.4. The van der Waals surface area contributed by atoms with Crippen molar-refractivity contribution in [3.8, 4) is 22.7 Å². The summed E-state index contributed by atoms with van der Waals surface area (Å²) < 4.78 is 23.9. The maximum Gasteiger partial charge on any atom is 0.425 e. The Balaban J connectivity index is 1.74. The van der Waals surface area contributed by atoms with Gasteiger partial charge in [0, 0.05) is 23.2 Å². The Morgan fingerprint density at radius 2 is 1.47 bits per heavy atom. The van der Waals surface area contributed by atoms with Crippen LogP contribution >= 0.6 is 15.9 Å². The van der Waals surface area contributed by atoms with Gasteiger partial charge >= 0.3 is 18.3 Å². The number of aromatic nitrogens is 4. The van der Waals surface area contributed by atoms with E-state index in [1.165, 1.54) is 10.8 Å². The van der Waals surface area contributed by atoms with Crippen LogP contribution in [-0.4, -0.2) is 54.8 Å². The molecule has 3 aromatic heterocycles. The van der Waals surface area contributed by atoms with Crippen molar-refractivity contribution in [2.24, 2.45) is 0 Å². The number of fused-ring (bicyclic) bond motifs is 1. The van der Waals surface area contributed by atoms with E-state index in [0.717, 1.165) is 5.39 Å². The maximum atomic E-state index is 13.3. The molecule has 0 unspecified atom stereocenters. The molecule has 0 atom stereocenters. The van der Waals surface area contributed by atoms with Gasteiger partial charge in [-0.05, 0) is 96.4 Å². The van der Waals surface area contributed by atoms with Gasteiger partial charge in [0.15, 0.2) is 17.3 Å². The fourth-order valence-electron chi connectivity index (χ4n) is 3.85. The average molecular weight is 657 g/mol. The zero-order valence-electron chi connectivity index (χ0n) is 25.5. The average Bonchev–Trinajstić information content (AvgIpc) is 3.49. The molecule has 2 amide bonds. The fraction of sp³-hybridized carbons (Fsp3) is 0.400. The van der Waals surface area contributed by atoms with Gasteiger partial charge in [0.25, 0.3) is 0 Å². The first kappa shape index (κ1) is 31.7. The van der Waals surface area contributed by atoms with Crippen LogP contribution in [0.2, 0.25) is 0 Å². The highest BCUT2D eigenvalue weighted by Crippen LogP contribution is 2.34. The minimum atomic E-state index is -1.00. The van der Waals surface area contributed by atoms with Gasteiger partial charge in [-0.3, -0.25) is 4.57 Å². The van der Waals surface area contributed by atoms with Gasteiger partial charge < -0.3 is 18.7 Å². The van der Waals surface area contributed by atoms with Gasteiger partial charge in [-0.25, -0.2) is 24.4 Å². The molecule has 43 heavy (non-hydrogen) atoms. The second-order valence-corrected chi connectivity index (χ2v) is 13.5. The van der Waals surface area contributed by atoms with Crippen LogP contribution in [0.3, 0.4) is 0 Å². The topological polar surface area (TPSA) is 139 Å². The third kappa shape index (κ3) is 7.78. The lowest BCUT2D eigenvalue weighted by atomic mass is 10.1.